The molecule has 0 aromatic heterocycles. The fraction of sp³-hybridized carbons (Fsp3) is 0.500. The van der Waals surface area contributed by atoms with Crippen molar-refractivity contribution in [2.75, 3.05) is 13.1 Å². The lowest BCUT2D eigenvalue weighted by atomic mass is 9.87. The molecule has 1 N–H and O–H groups in total. The highest BCUT2D eigenvalue weighted by Crippen LogP contribution is 2.24. The summed E-state index contributed by atoms with van der Waals surface area (Å²) < 4.78 is 1.02. The second-order valence-corrected chi connectivity index (χ2v) is 6.60. The van der Waals surface area contributed by atoms with Crippen LogP contribution in [-0.2, 0) is 16.0 Å². The lowest BCUT2D eigenvalue weighted by Crippen LogP contribution is -2.45. The maximum absolute atomic E-state index is 12.2. The van der Waals surface area contributed by atoms with Crippen molar-refractivity contribution in [3.63, 3.8) is 0 Å². The van der Waals surface area contributed by atoms with E-state index in [-0.39, 0.29) is 17.7 Å². The zero-order chi connectivity index (χ0) is 15.4. The summed E-state index contributed by atoms with van der Waals surface area (Å²) in [4.78, 5) is 25.1. The van der Waals surface area contributed by atoms with Crippen molar-refractivity contribution >= 4 is 27.8 Å². The zero-order valence-corrected chi connectivity index (χ0v) is 13.7. The topological polar surface area (TPSA) is 57.6 Å². The van der Waals surface area contributed by atoms with Crippen LogP contribution in [0.2, 0.25) is 0 Å². The van der Waals surface area contributed by atoms with E-state index in [4.69, 9.17) is 5.11 Å². The first-order valence-corrected chi connectivity index (χ1v) is 8.01. The number of halogens is 1. The molecule has 1 aliphatic heterocycles. The SMILES string of the molecule is CC1CN(C(=O)CCc2cccc(Br)c2)CCC1C(=O)O. The van der Waals surface area contributed by atoms with Gasteiger partial charge in [0.1, 0.15) is 0 Å². The molecule has 4 nitrogen and oxygen atoms in total. The van der Waals surface area contributed by atoms with Crippen LogP contribution in [0.1, 0.15) is 25.3 Å². The molecular formula is C16H20BrNO3. The standard InChI is InChI=1S/C16H20BrNO3/c1-11-10-18(8-7-14(11)16(20)21)15(19)6-5-12-3-2-4-13(17)9-12/h2-4,9,11,14H,5-8,10H2,1H3,(H,20,21). The molecule has 1 fully saturated rings. The molecule has 1 aromatic carbocycles. The van der Waals surface area contributed by atoms with E-state index in [1.807, 2.05) is 36.1 Å². The Morgan fingerprint density at radius 2 is 2.19 bits per heavy atom. The fourth-order valence-corrected chi connectivity index (χ4v) is 3.29. The maximum atomic E-state index is 12.2. The lowest BCUT2D eigenvalue weighted by molar-refractivity contribution is -0.148. The Bertz CT molecular complexity index is 532. The Hall–Kier alpha value is -1.36. The van der Waals surface area contributed by atoms with Crippen molar-refractivity contribution in [3.8, 4) is 0 Å². The van der Waals surface area contributed by atoms with E-state index >= 15 is 0 Å². The minimum absolute atomic E-state index is 0.0195. The van der Waals surface area contributed by atoms with Gasteiger partial charge in [-0.15, -0.1) is 0 Å². The molecule has 0 spiro atoms. The summed E-state index contributed by atoms with van der Waals surface area (Å²) in [6.45, 7) is 3.01. The Morgan fingerprint density at radius 1 is 1.43 bits per heavy atom. The molecule has 0 aliphatic carbocycles. The van der Waals surface area contributed by atoms with Gasteiger partial charge in [0.15, 0.2) is 0 Å². The summed E-state index contributed by atoms with van der Waals surface area (Å²) in [5.41, 5.74) is 1.13. The van der Waals surface area contributed by atoms with Crippen molar-refractivity contribution in [1.82, 2.24) is 4.90 Å². The molecule has 2 rings (SSSR count). The minimum Gasteiger partial charge on any atom is -0.481 e. The molecule has 1 aliphatic rings. The van der Waals surface area contributed by atoms with Gasteiger partial charge in [0.05, 0.1) is 5.92 Å². The number of piperidine rings is 1. The molecule has 1 saturated heterocycles. The van der Waals surface area contributed by atoms with Crippen LogP contribution in [-0.4, -0.2) is 35.0 Å². The number of aryl methyl sites for hydroxylation is 1. The van der Waals surface area contributed by atoms with Crippen molar-refractivity contribution < 1.29 is 14.7 Å². The first-order chi connectivity index (χ1) is 9.97. The molecule has 2 unspecified atom stereocenters. The summed E-state index contributed by atoms with van der Waals surface area (Å²) in [5, 5.41) is 9.10. The van der Waals surface area contributed by atoms with E-state index in [0.717, 1.165) is 10.0 Å². The van der Waals surface area contributed by atoms with Crippen molar-refractivity contribution in [1.29, 1.82) is 0 Å². The normalized spacial score (nSPS) is 22.1. The van der Waals surface area contributed by atoms with Gasteiger partial charge < -0.3 is 10.0 Å². The number of hydrogen-bond donors (Lipinski definition) is 1. The van der Waals surface area contributed by atoms with E-state index < -0.39 is 5.97 Å². The number of carbonyl (C=O) groups excluding carboxylic acids is 1. The first kappa shape index (κ1) is 16.0. The number of carboxylic acids is 1. The zero-order valence-electron chi connectivity index (χ0n) is 12.1. The third-order valence-electron chi connectivity index (χ3n) is 4.09. The molecule has 1 amide bonds. The molecule has 0 bridgehead atoms. The van der Waals surface area contributed by atoms with Gasteiger partial charge in [-0.3, -0.25) is 9.59 Å². The van der Waals surface area contributed by atoms with E-state index in [1.165, 1.54) is 0 Å². The molecule has 1 aromatic rings. The number of aliphatic carboxylic acids is 1. The number of likely N-dealkylation sites (tertiary alicyclic amines) is 1. The van der Waals surface area contributed by atoms with Gasteiger partial charge >= 0.3 is 5.97 Å². The molecule has 0 radical (unpaired) electrons. The van der Waals surface area contributed by atoms with Gasteiger partial charge in [0.2, 0.25) is 5.91 Å². The van der Waals surface area contributed by atoms with Gasteiger partial charge in [-0.2, -0.15) is 0 Å². The second-order valence-electron chi connectivity index (χ2n) is 5.68. The van der Waals surface area contributed by atoms with Crippen molar-refractivity contribution in [2.24, 2.45) is 11.8 Å². The number of nitrogens with zero attached hydrogens (tertiary/aromatic N) is 1. The fourth-order valence-electron chi connectivity index (χ4n) is 2.84. The van der Waals surface area contributed by atoms with E-state index in [0.29, 0.717) is 32.4 Å². The van der Waals surface area contributed by atoms with Gasteiger partial charge in [-0.1, -0.05) is 35.0 Å². The van der Waals surface area contributed by atoms with Crippen molar-refractivity contribution in [2.45, 2.75) is 26.2 Å². The number of carboxylic acid groups (broad SMARTS) is 1. The highest BCUT2D eigenvalue weighted by Gasteiger charge is 2.32. The summed E-state index contributed by atoms with van der Waals surface area (Å²) in [7, 11) is 0. The second kappa shape index (κ2) is 7.07. The van der Waals surface area contributed by atoms with Gasteiger partial charge in [-0.05, 0) is 36.5 Å². The van der Waals surface area contributed by atoms with Gasteiger partial charge in [0, 0.05) is 24.0 Å². The Labute approximate surface area is 133 Å². The third kappa shape index (κ3) is 4.30. The monoisotopic (exact) mass is 353 g/mol. The number of carbonyl (C=O) groups is 2. The third-order valence-corrected chi connectivity index (χ3v) is 4.59. The predicted molar refractivity (Wildman–Crippen MR) is 83.9 cm³/mol. The Balaban J connectivity index is 1.86. The molecule has 114 valence electrons. The summed E-state index contributed by atoms with van der Waals surface area (Å²) >= 11 is 3.42. The van der Waals surface area contributed by atoms with Crippen LogP contribution in [0.4, 0.5) is 0 Å². The minimum atomic E-state index is -0.747. The highest BCUT2D eigenvalue weighted by atomic mass is 79.9. The molecule has 21 heavy (non-hydrogen) atoms. The number of rotatable bonds is 4. The first-order valence-electron chi connectivity index (χ1n) is 7.22. The van der Waals surface area contributed by atoms with Crippen LogP contribution in [0.3, 0.4) is 0 Å². The molecule has 0 saturated carbocycles. The van der Waals surface area contributed by atoms with Crippen LogP contribution in [0.5, 0.6) is 0 Å². The Kier molecular flexibility index (Phi) is 5.39. The Morgan fingerprint density at radius 3 is 2.81 bits per heavy atom. The van der Waals surface area contributed by atoms with Crippen molar-refractivity contribution in [3.05, 3.63) is 34.3 Å². The van der Waals surface area contributed by atoms with Crippen LogP contribution >= 0.6 is 15.9 Å². The van der Waals surface area contributed by atoms with E-state index in [1.54, 1.807) is 0 Å². The summed E-state index contributed by atoms with van der Waals surface area (Å²) in [5.74, 6) is -0.931. The van der Waals surface area contributed by atoms with E-state index in [9.17, 15) is 9.59 Å². The predicted octanol–water partition coefficient (Wildman–Crippen LogP) is 2.95. The number of benzene rings is 1. The molecular weight excluding hydrogens is 334 g/mol. The number of amides is 1. The maximum Gasteiger partial charge on any atom is 0.306 e. The average molecular weight is 354 g/mol. The van der Waals surface area contributed by atoms with Crippen LogP contribution in [0.15, 0.2) is 28.7 Å². The molecule has 2 atom stereocenters. The number of hydrogen-bond acceptors (Lipinski definition) is 2. The smallest absolute Gasteiger partial charge is 0.306 e. The summed E-state index contributed by atoms with van der Waals surface area (Å²) in [6, 6.07) is 7.96. The highest BCUT2D eigenvalue weighted by molar-refractivity contribution is 9.10. The van der Waals surface area contributed by atoms with E-state index in [2.05, 4.69) is 15.9 Å². The molecule has 5 heteroatoms. The quantitative estimate of drug-likeness (QED) is 0.905. The largest absolute Gasteiger partial charge is 0.481 e. The summed E-state index contributed by atoms with van der Waals surface area (Å²) in [6.07, 6.45) is 1.74. The van der Waals surface area contributed by atoms with Gasteiger partial charge in [0.25, 0.3) is 0 Å². The van der Waals surface area contributed by atoms with Crippen LogP contribution in [0.25, 0.3) is 0 Å². The van der Waals surface area contributed by atoms with Crippen LogP contribution < -0.4 is 0 Å². The van der Waals surface area contributed by atoms with Crippen LogP contribution in [0, 0.1) is 11.8 Å². The lowest BCUT2D eigenvalue weighted by Gasteiger charge is -2.35. The molecule has 1 heterocycles. The average Bonchev–Trinajstić information content (AvgIpc) is 2.44. The van der Waals surface area contributed by atoms with Gasteiger partial charge in [-0.25, -0.2) is 0 Å².